The van der Waals surface area contributed by atoms with Gasteiger partial charge in [0.05, 0.1) is 12.7 Å². The summed E-state index contributed by atoms with van der Waals surface area (Å²) in [5.41, 5.74) is 8.91. The molecule has 0 atom stereocenters. The molecule has 0 aliphatic rings. The van der Waals surface area contributed by atoms with Crippen LogP contribution >= 0.6 is 0 Å². The number of anilines is 1. The first-order valence-electron chi connectivity index (χ1n) is 6.69. The van der Waals surface area contributed by atoms with Gasteiger partial charge < -0.3 is 15.0 Å². The molecule has 22 heavy (non-hydrogen) atoms. The monoisotopic (exact) mass is 294 g/mol. The van der Waals surface area contributed by atoms with Crippen molar-refractivity contribution in [3.63, 3.8) is 0 Å². The van der Waals surface area contributed by atoms with Crippen LogP contribution in [0.1, 0.15) is 10.4 Å². The van der Waals surface area contributed by atoms with Gasteiger partial charge in [-0.1, -0.05) is 35.5 Å². The van der Waals surface area contributed by atoms with Gasteiger partial charge in [0.15, 0.2) is 5.76 Å². The average molecular weight is 294 g/mol. The van der Waals surface area contributed by atoms with Crippen LogP contribution in [0.2, 0.25) is 0 Å². The van der Waals surface area contributed by atoms with Gasteiger partial charge in [-0.2, -0.15) is 0 Å². The first-order valence-corrected chi connectivity index (χ1v) is 6.69. The second kappa shape index (κ2) is 5.73. The predicted molar refractivity (Wildman–Crippen MR) is 83.1 cm³/mol. The summed E-state index contributed by atoms with van der Waals surface area (Å²) in [6, 6.07) is 16.2. The third-order valence-corrected chi connectivity index (χ3v) is 3.29. The highest BCUT2D eigenvalue weighted by Crippen LogP contribution is 2.29. The smallest absolute Gasteiger partial charge is 0.338 e. The van der Waals surface area contributed by atoms with E-state index in [0.29, 0.717) is 28.3 Å². The molecule has 0 unspecified atom stereocenters. The summed E-state index contributed by atoms with van der Waals surface area (Å²) in [5.74, 6) is 0.172. The lowest BCUT2D eigenvalue weighted by Crippen LogP contribution is -2.03. The zero-order valence-electron chi connectivity index (χ0n) is 11.9. The molecule has 5 nitrogen and oxygen atoms in total. The number of benzene rings is 2. The molecule has 1 aromatic heterocycles. The van der Waals surface area contributed by atoms with E-state index in [1.54, 1.807) is 36.4 Å². The van der Waals surface area contributed by atoms with Gasteiger partial charge in [0.2, 0.25) is 0 Å². The quantitative estimate of drug-likeness (QED) is 0.592. The van der Waals surface area contributed by atoms with E-state index in [4.69, 9.17) is 15.0 Å². The van der Waals surface area contributed by atoms with Crippen molar-refractivity contribution < 1.29 is 14.1 Å². The van der Waals surface area contributed by atoms with Crippen molar-refractivity contribution in [1.82, 2.24) is 5.16 Å². The highest BCUT2D eigenvalue weighted by Gasteiger charge is 2.16. The Labute approximate surface area is 127 Å². The first-order chi connectivity index (χ1) is 10.7. The van der Waals surface area contributed by atoms with Crippen LogP contribution in [0.3, 0.4) is 0 Å². The van der Waals surface area contributed by atoms with Crippen LogP contribution in [0.15, 0.2) is 59.1 Å². The number of hydrogen-bond acceptors (Lipinski definition) is 5. The number of nitrogens with zero attached hydrogens (tertiary/aromatic N) is 1. The molecule has 0 aliphatic heterocycles. The molecular weight excluding hydrogens is 280 g/mol. The topological polar surface area (TPSA) is 78.4 Å². The van der Waals surface area contributed by atoms with Crippen molar-refractivity contribution >= 4 is 11.7 Å². The van der Waals surface area contributed by atoms with Gasteiger partial charge in [0.25, 0.3) is 0 Å². The van der Waals surface area contributed by atoms with Gasteiger partial charge in [-0.15, -0.1) is 0 Å². The maximum Gasteiger partial charge on any atom is 0.338 e. The summed E-state index contributed by atoms with van der Waals surface area (Å²) in [4.78, 5) is 11.8. The molecule has 110 valence electrons. The van der Waals surface area contributed by atoms with Crippen molar-refractivity contribution in [2.75, 3.05) is 12.8 Å². The van der Waals surface area contributed by atoms with E-state index in [1.165, 1.54) is 7.11 Å². The maximum absolute atomic E-state index is 11.8. The van der Waals surface area contributed by atoms with Gasteiger partial charge in [-0.25, -0.2) is 4.79 Å². The number of rotatable bonds is 3. The van der Waals surface area contributed by atoms with E-state index in [2.05, 4.69) is 5.16 Å². The Morgan fingerprint density at radius 2 is 1.95 bits per heavy atom. The first kappa shape index (κ1) is 13.9. The number of hydrogen-bond donors (Lipinski definition) is 1. The maximum atomic E-state index is 11.8. The third kappa shape index (κ3) is 2.56. The van der Waals surface area contributed by atoms with E-state index >= 15 is 0 Å². The fourth-order valence-corrected chi connectivity index (χ4v) is 2.22. The molecule has 3 aromatic rings. The summed E-state index contributed by atoms with van der Waals surface area (Å²) in [6.07, 6.45) is 0. The zero-order valence-corrected chi connectivity index (χ0v) is 11.9. The summed E-state index contributed by atoms with van der Waals surface area (Å²) in [6.45, 7) is 0. The van der Waals surface area contributed by atoms with E-state index in [0.717, 1.165) is 5.56 Å². The molecule has 0 radical (unpaired) electrons. The molecule has 0 spiro atoms. The molecule has 5 heteroatoms. The largest absolute Gasteiger partial charge is 0.465 e. The molecular formula is C17H14N2O3. The van der Waals surface area contributed by atoms with Crippen molar-refractivity contribution in [3.05, 3.63) is 60.2 Å². The SMILES string of the molecule is COC(=O)c1ccccc1-c1cc(-c2cccc(N)c2)on1. The molecule has 0 fully saturated rings. The van der Waals surface area contributed by atoms with Crippen LogP contribution < -0.4 is 5.73 Å². The Balaban J connectivity index is 2.03. The molecule has 0 amide bonds. The summed E-state index contributed by atoms with van der Waals surface area (Å²) in [5, 5.41) is 4.05. The second-order valence-corrected chi connectivity index (χ2v) is 4.74. The van der Waals surface area contributed by atoms with Crippen LogP contribution in [-0.2, 0) is 4.74 Å². The van der Waals surface area contributed by atoms with Crippen LogP contribution in [0.5, 0.6) is 0 Å². The molecule has 1 heterocycles. The lowest BCUT2D eigenvalue weighted by Gasteiger charge is -2.03. The summed E-state index contributed by atoms with van der Waals surface area (Å²) < 4.78 is 10.2. The lowest BCUT2D eigenvalue weighted by atomic mass is 10.0. The third-order valence-electron chi connectivity index (χ3n) is 3.29. The Kier molecular flexibility index (Phi) is 3.62. The second-order valence-electron chi connectivity index (χ2n) is 4.74. The number of methoxy groups -OCH3 is 1. The Bertz CT molecular complexity index is 824. The summed E-state index contributed by atoms with van der Waals surface area (Å²) >= 11 is 0. The van der Waals surface area contributed by atoms with E-state index in [-0.39, 0.29) is 0 Å². The standard InChI is InChI=1S/C17H14N2O3/c1-21-17(20)14-8-3-2-7-13(14)15-10-16(22-19-15)11-5-4-6-12(18)9-11/h2-10H,18H2,1H3. The molecule has 2 aromatic carbocycles. The fourth-order valence-electron chi connectivity index (χ4n) is 2.22. The van der Waals surface area contributed by atoms with Crippen molar-refractivity contribution in [3.8, 4) is 22.6 Å². The highest BCUT2D eigenvalue weighted by atomic mass is 16.5. The van der Waals surface area contributed by atoms with Gasteiger partial charge >= 0.3 is 5.97 Å². The molecule has 0 saturated heterocycles. The Morgan fingerprint density at radius 3 is 2.73 bits per heavy atom. The number of esters is 1. The Morgan fingerprint density at radius 1 is 1.14 bits per heavy atom. The number of nitrogens with two attached hydrogens (primary N) is 1. The van der Waals surface area contributed by atoms with Crippen LogP contribution in [0.4, 0.5) is 5.69 Å². The van der Waals surface area contributed by atoms with Crippen LogP contribution in [-0.4, -0.2) is 18.2 Å². The molecule has 0 saturated carbocycles. The number of aromatic nitrogens is 1. The number of ether oxygens (including phenoxy) is 1. The molecule has 3 rings (SSSR count). The molecule has 2 N–H and O–H groups in total. The fraction of sp³-hybridized carbons (Fsp3) is 0.0588. The Hall–Kier alpha value is -3.08. The number of carbonyl (C=O) groups is 1. The minimum absolute atomic E-state index is 0.413. The van der Waals surface area contributed by atoms with E-state index < -0.39 is 5.97 Å². The minimum atomic E-state index is -0.413. The minimum Gasteiger partial charge on any atom is -0.465 e. The van der Waals surface area contributed by atoms with Crippen molar-refractivity contribution in [2.24, 2.45) is 0 Å². The van der Waals surface area contributed by atoms with Crippen LogP contribution in [0, 0.1) is 0 Å². The van der Waals surface area contributed by atoms with Crippen LogP contribution in [0.25, 0.3) is 22.6 Å². The van der Waals surface area contributed by atoms with Gasteiger partial charge in [0, 0.05) is 22.9 Å². The van der Waals surface area contributed by atoms with Gasteiger partial charge in [-0.05, 0) is 18.2 Å². The molecule has 0 aliphatic carbocycles. The highest BCUT2D eigenvalue weighted by molar-refractivity contribution is 5.96. The average Bonchev–Trinajstić information content (AvgIpc) is 3.04. The number of nitrogen functional groups attached to an aromatic ring is 1. The van der Waals surface area contributed by atoms with Crippen molar-refractivity contribution in [1.29, 1.82) is 0 Å². The van der Waals surface area contributed by atoms with Gasteiger partial charge in [-0.3, -0.25) is 0 Å². The van der Waals surface area contributed by atoms with E-state index in [9.17, 15) is 4.79 Å². The normalized spacial score (nSPS) is 10.4. The van der Waals surface area contributed by atoms with Gasteiger partial charge in [0.1, 0.15) is 5.69 Å². The number of carbonyl (C=O) groups excluding carboxylic acids is 1. The van der Waals surface area contributed by atoms with Crippen molar-refractivity contribution in [2.45, 2.75) is 0 Å². The zero-order chi connectivity index (χ0) is 15.5. The molecule has 0 bridgehead atoms. The van der Waals surface area contributed by atoms with E-state index in [1.807, 2.05) is 18.2 Å². The predicted octanol–water partition coefficient (Wildman–Crippen LogP) is 3.38. The summed E-state index contributed by atoms with van der Waals surface area (Å²) in [7, 11) is 1.35. The lowest BCUT2D eigenvalue weighted by molar-refractivity contribution is 0.0601.